The molecule has 108 valence electrons. The van der Waals surface area contributed by atoms with Gasteiger partial charge in [0.1, 0.15) is 5.75 Å². The van der Waals surface area contributed by atoms with Crippen molar-refractivity contribution in [3.63, 3.8) is 0 Å². The summed E-state index contributed by atoms with van der Waals surface area (Å²) in [4.78, 5) is 12.0. The highest BCUT2D eigenvalue weighted by atomic mass is 32.1. The number of thiocarbonyl (C=S) groups is 1. The van der Waals surface area contributed by atoms with Crippen LogP contribution in [0, 0.1) is 6.92 Å². The first-order valence-corrected chi connectivity index (χ1v) is 6.82. The first-order chi connectivity index (χ1) is 10.1. The molecule has 0 atom stereocenters. The molecule has 4 nitrogen and oxygen atoms in total. The van der Waals surface area contributed by atoms with Gasteiger partial charge in [-0.3, -0.25) is 10.1 Å². The number of amides is 1. The van der Waals surface area contributed by atoms with Crippen molar-refractivity contribution >= 4 is 28.9 Å². The molecule has 0 unspecified atom stereocenters. The lowest BCUT2D eigenvalue weighted by Gasteiger charge is -2.10. The van der Waals surface area contributed by atoms with E-state index in [-0.39, 0.29) is 11.0 Å². The first-order valence-electron chi connectivity index (χ1n) is 6.41. The van der Waals surface area contributed by atoms with E-state index in [0.717, 1.165) is 17.0 Å². The number of benzene rings is 2. The van der Waals surface area contributed by atoms with Gasteiger partial charge >= 0.3 is 0 Å². The molecule has 0 heterocycles. The first kappa shape index (κ1) is 15.0. The lowest BCUT2D eigenvalue weighted by atomic mass is 10.1. The second-order valence-electron chi connectivity index (χ2n) is 4.50. The third-order valence-electron chi connectivity index (χ3n) is 2.89. The summed E-state index contributed by atoms with van der Waals surface area (Å²) in [7, 11) is 1.61. The van der Waals surface area contributed by atoms with Crippen LogP contribution in [-0.4, -0.2) is 18.1 Å². The summed E-state index contributed by atoms with van der Waals surface area (Å²) in [6.45, 7) is 1.97. The van der Waals surface area contributed by atoms with Crippen LogP contribution in [0.4, 0.5) is 5.69 Å². The van der Waals surface area contributed by atoms with E-state index in [1.54, 1.807) is 19.2 Å². The van der Waals surface area contributed by atoms with Crippen LogP contribution in [0.25, 0.3) is 0 Å². The number of carbonyl (C=O) groups is 1. The molecule has 2 aromatic rings. The molecule has 0 saturated heterocycles. The molecule has 0 aliphatic carbocycles. The Morgan fingerprint density at radius 2 is 1.67 bits per heavy atom. The van der Waals surface area contributed by atoms with Crippen molar-refractivity contribution in [2.75, 3.05) is 12.4 Å². The lowest BCUT2D eigenvalue weighted by molar-refractivity contribution is 0.0977. The van der Waals surface area contributed by atoms with Gasteiger partial charge in [0.2, 0.25) is 0 Å². The molecule has 0 radical (unpaired) electrons. The lowest BCUT2D eigenvalue weighted by Crippen LogP contribution is -2.34. The molecule has 21 heavy (non-hydrogen) atoms. The van der Waals surface area contributed by atoms with Gasteiger partial charge in [-0.25, -0.2) is 0 Å². The Balaban J connectivity index is 1.94. The summed E-state index contributed by atoms with van der Waals surface area (Å²) < 4.78 is 5.08. The van der Waals surface area contributed by atoms with E-state index in [1.165, 1.54) is 0 Å². The fourth-order valence-corrected chi connectivity index (χ4v) is 1.93. The Hall–Kier alpha value is -2.40. The normalized spacial score (nSPS) is 9.81. The molecule has 2 N–H and O–H groups in total. The minimum atomic E-state index is -0.235. The van der Waals surface area contributed by atoms with Crippen molar-refractivity contribution < 1.29 is 9.53 Å². The smallest absolute Gasteiger partial charge is 0.257 e. The Bertz CT molecular complexity index is 636. The summed E-state index contributed by atoms with van der Waals surface area (Å²) >= 11 is 5.12. The van der Waals surface area contributed by atoms with E-state index in [2.05, 4.69) is 10.6 Å². The van der Waals surface area contributed by atoms with E-state index in [9.17, 15) is 4.79 Å². The topological polar surface area (TPSA) is 50.4 Å². The highest BCUT2D eigenvalue weighted by molar-refractivity contribution is 7.80. The van der Waals surface area contributed by atoms with Crippen LogP contribution in [-0.2, 0) is 0 Å². The standard InChI is InChI=1S/C16H16N2O2S/c1-11-3-5-12(6-4-11)15(19)18-16(21)17-13-7-9-14(20-2)10-8-13/h3-10H,1-2H3,(H2,17,18,19,21). The molecule has 0 fully saturated rings. The van der Waals surface area contributed by atoms with E-state index in [4.69, 9.17) is 17.0 Å². The largest absolute Gasteiger partial charge is 0.497 e. The molecule has 5 heteroatoms. The molecule has 0 bridgehead atoms. The zero-order valence-corrected chi connectivity index (χ0v) is 12.7. The summed E-state index contributed by atoms with van der Waals surface area (Å²) in [6, 6.07) is 14.6. The Morgan fingerprint density at radius 3 is 2.24 bits per heavy atom. The van der Waals surface area contributed by atoms with Gasteiger partial charge in [0, 0.05) is 11.3 Å². The van der Waals surface area contributed by atoms with Crippen molar-refractivity contribution in [2.45, 2.75) is 6.92 Å². The maximum atomic E-state index is 12.0. The highest BCUT2D eigenvalue weighted by Crippen LogP contribution is 2.14. The van der Waals surface area contributed by atoms with Gasteiger partial charge in [0.25, 0.3) is 5.91 Å². The summed E-state index contributed by atoms with van der Waals surface area (Å²) in [6.07, 6.45) is 0. The molecule has 1 amide bonds. The second-order valence-corrected chi connectivity index (χ2v) is 4.91. The average Bonchev–Trinajstić information content (AvgIpc) is 2.48. The van der Waals surface area contributed by atoms with Crippen molar-refractivity contribution in [3.8, 4) is 5.75 Å². The van der Waals surface area contributed by atoms with E-state index >= 15 is 0 Å². The molecular formula is C16H16N2O2S. The Morgan fingerprint density at radius 1 is 1.05 bits per heavy atom. The fraction of sp³-hybridized carbons (Fsp3) is 0.125. The molecular weight excluding hydrogens is 284 g/mol. The molecule has 0 spiro atoms. The zero-order chi connectivity index (χ0) is 15.2. The van der Waals surface area contributed by atoms with Crippen LogP contribution < -0.4 is 15.4 Å². The predicted molar refractivity (Wildman–Crippen MR) is 87.9 cm³/mol. The van der Waals surface area contributed by atoms with E-state index in [1.807, 2.05) is 43.3 Å². The third kappa shape index (κ3) is 4.29. The molecule has 2 rings (SSSR count). The van der Waals surface area contributed by atoms with Crippen LogP contribution >= 0.6 is 12.2 Å². The quantitative estimate of drug-likeness (QED) is 0.855. The Kier molecular flexibility index (Phi) is 4.90. The van der Waals surface area contributed by atoms with E-state index in [0.29, 0.717) is 5.56 Å². The van der Waals surface area contributed by atoms with E-state index < -0.39 is 0 Å². The van der Waals surface area contributed by atoms with Gasteiger partial charge in [0.05, 0.1) is 7.11 Å². The number of hydrogen-bond acceptors (Lipinski definition) is 3. The molecule has 0 saturated carbocycles. The number of carbonyl (C=O) groups excluding carboxylic acids is 1. The molecule has 0 aromatic heterocycles. The second kappa shape index (κ2) is 6.85. The minimum Gasteiger partial charge on any atom is -0.497 e. The van der Waals surface area contributed by atoms with Gasteiger partial charge in [-0.05, 0) is 55.5 Å². The Labute approximate surface area is 129 Å². The maximum absolute atomic E-state index is 12.0. The molecule has 2 aromatic carbocycles. The number of methoxy groups -OCH3 is 1. The van der Waals surface area contributed by atoms with Gasteiger partial charge < -0.3 is 10.1 Å². The average molecular weight is 300 g/mol. The number of anilines is 1. The van der Waals surface area contributed by atoms with Crippen LogP contribution in [0.5, 0.6) is 5.75 Å². The molecule has 0 aliphatic rings. The summed E-state index contributed by atoms with van der Waals surface area (Å²) in [5.41, 5.74) is 2.45. The summed E-state index contributed by atoms with van der Waals surface area (Å²) in [5, 5.41) is 5.85. The summed E-state index contributed by atoms with van der Waals surface area (Å²) in [5.74, 6) is 0.524. The predicted octanol–water partition coefficient (Wildman–Crippen LogP) is 3.13. The zero-order valence-electron chi connectivity index (χ0n) is 11.8. The highest BCUT2D eigenvalue weighted by Gasteiger charge is 2.07. The van der Waals surface area contributed by atoms with Gasteiger partial charge in [-0.1, -0.05) is 17.7 Å². The van der Waals surface area contributed by atoms with Crippen molar-refractivity contribution in [2.24, 2.45) is 0 Å². The number of ether oxygens (including phenoxy) is 1. The van der Waals surface area contributed by atoms with Crippen LogP contribution in [0.15, 0.2) is 48.5 Å². The number of hydrogen-bond donors (Lipinski definition) is 2. The molecule has 0 aliphatic heterocycles. The minimum absolute atomic E-state index is 0.235. The van der Waals surface area contributed by atoms with Crippen LogP contribution in [0.2, 0.25) is 0 Å². The third-order valence-corrected chi connectivity index (χ3v) is 3.09. The number of rotatable bonds is 3. The van der Waals surface area contributed by atoms with Crippen molar-refractivity contribution in [1.82, 2.24) is 5.32 Å². The van der Waals surface area contributed by atoms with Gasteiger partial charge in [-0.15, -0.1) is 0 Å². The SMILES string of the molecule is COc1ccc(NC(=S)NC(=O)c2ccc(C)cc2)cc1. The fourth-order valence-electron chi connectivity index (χ4n) is 1.72. The van der Waals surface area contributed by atoms with Gasteiger partial charge in [-0.2, -0.15) is 0 Å². The maximum Gasteiger partial charge on any atom is 0.257 e. The van der Waals surface area contributed by atoms with Crippen LogP contribution in [0.3, 0.4) is 0 Å². The van der Waals surface area contributed by atoms with Gasteiger partial charge in [0.15, 0.2) is 5.11 Å². The number of nitrogens with one attached hydrogen (secondary N) is 2. The monoisotopic (exact) mass is 300 g/mol. The van der Waals surface area contributed by atoms with Crippen molar-refractivity contribution in [3.05, 3.63) is 59.7 Å². The van der Waals surface area contributed by atoms with Crippen molar-refractivity contribution in [1.29, 1.82) is 0 Å². The van der Waals surface area contributed by atoms with Crippen LogP contribution in [0.1, 0.15) is 15.9 Å². The number of aryl methyl sites for hydroxylation is 1.